The maximum Gasteiger partial charge on any atom is 0.223 e. The van der Waals surface area contributed by atoms with E-state index < -0.39 is 0 Å². The number of nitrogens with zero attached hydrogens (tertiary/aromatic N) is 1. The third kappa shape index (κ3) is 4.24. The number of hydrogen-bond donors (Lipinski definition) is 1. The predicted octanol–water partition coefficient (Wildman–Crippen LogP) is 4.40. The molecule has 1 heterocycles. The molecule has 2 aliphatic rings. The number of carbonyl (C=O) groups is 1. The molecule has 1 aliphatic heterocycles. The Morgan fingerprint density at radius 3 is 2.59 bits per heavy atom. The van der Waals surface area contributed by atoms with Crippen LogP contribution in [-0.4, -0.2) is 23.9 Å². The number of likely N-dealkylation sites (tertiary alicyclic amines) is 1. The SMILES string of the molecule is Cc1ccccc1CN1CCC(C(=O)N[C@@H]2CCCc3ccccc32)CC1. The fourth-order valence-corrected chi connectivity index (χ4v) is 4.58. The smallest absolute Gasteiger partial charge is 0.223 e. The molecule has 2 aromatic rings. The van der Waals surface area contributed by atoms with Crippen LogP contribution in [0.3, 0.4) is 0 Å². The molecule has 1 aliphatic carbocycles. The first-order valence-electron chi connectivity index (χ1n) is 10.4. The Kier molecular flexibility index (Phi) is 5.58. The van der Waals surface area contributed by atoms with Crippen LogP contribution < -0.4 is 5.32 Å². The normalized spacial score (nSPS) is 20.9. The molecule has 0 unspecified atom stereocenters. The topological polar surface area (TPSA) is 32.3 Å². The Balaban J connectivity index is 1.31. The summed E-state index contributed by atoms with van der Waals surface area (Å²) >= 11 is 0. The van der Waals surface area contributed by atoms with Gasteiger partial charge in [-0.25, -0.2) is 0 Å². The molecule has 0 aromatic heterocycles. The summed E-state index contributed by atoms with van der Waals surface area (Å²) in [5, 5.41) is 3.36. The van der Waals surface area contributed by atoms with E-state index in [1.54, 1.807) is 0 Å². The maximum absolute atomic E-state index is 12.9. The van der Waals surface area contributed by atoms with Crippen molar-refractivity contribution < 1.29 is 4.79 Å². The summed E-state index contributed by atoms with van der Waals surface area (Å²) < 4.78 is 0. The average molecular weight is 363 g/mol. The number of nitrogens with one attached hydrogen (secondary N) is 1. The van der Waals surface area contributed by atoms with E-state index in [1.807, 2.05) is 0 Å². The number of amides is 1. The standard InChI is InChI=1S/C24H30N2O/c1-18-7-2-3-9-21(18)17-26-15-13-20(14-16-26)24(27)25-23-12-6-10-19-8-4-5-11-22(19)23/h2-5,7-9,11,20,23H,6,10,12-17H2,1H3,(H,25,27)/t23-/m1/s1. The highest BCUT2D eigenvalue weighted by molar-refractivity contribution is 5.79. The minimum atomic E-state index is 0.159. The summed E-state index contributed by atoms with van der Waals surface area (Å²) in [5.74, 6) is 0.416. The van der Waals surface area contributed by atoms with Crippen LogP contribution in [0.4, 0.5) is 0 Å². The second kappa shape index (κ2) is 8.26. The number of fused-ring (bicyclic) bond motifs is 1. The van der Waals surface area contributed by atoms with Gasteiger partial charge in [0.05, 0.1) is 6.04 Å². The van der Waals surface area contributed by atoms with Gasteiger partial charge in [0.1, 0.15) is 0 Å². The second-order valence-electron chi connectivity index (χ2n) is 8.13. The zero-order valence-electron chi connectivity index (χ0n) is 16.3. The van der Waals surface area contributed by atoms with Gasteiger partial charge in [0, 0.05) is 12.5 Å². The molecule has 1 atom stereocenters. The van der Waals surface area contributed by atoms with Crippen molar-refractivity contribution >= 4 is 5.91 Å². The van der Waals surface area contributed by atoms with Crippen molar-refractivity contribution in [2.24, 2.45) is 5.92 Å². The minimum Gasteiger partial charge on any atom is -0.349 e. The van der Waals surface area contributed by atoms with Crippen LogP contribution in [0.25, 0.3) is 0 Å². The summed E-state index contributed by atoms with van der Waals surface area (Å²) in [6.07, 6.45) is 5.30. The highest BCUT2D eigenvalue weighted by Gasteiger charge is 2.28. The van der Waals surface area contributed by atoms with Gasteiger partial charge in [-0.15, -0.1) is 0 Å². The third-order valence-corrected chi connectivity index (χ3v) is 6.30. The van der Waals surface area contributed by atoms with Crippen LogP contribution >= 0.6 is 0 Å². The average Bonchev–Trinajstić information content (AvgIpc) is 2.70. The van der Waals surface area contributed by atoms with Crippen molar-refractivity contribution in [3.8, 4) is 0 Å². The molecule has 0 radical (unpaired) electrons. The van der Waals surface area contributed by atoms with E-state index >= 15 is 0 Å². The van der Waals surface area contributed by atoms with Gasteiger partial charge in [-0.1, -0.05) is 48.5 Å². The van der Waals surface area contributed by atoms with Gasteiger partial charge in [0.15, 0.2) is 0 Å². The van der Waals surface area contributed by atoms with Crippen LogP contribution in [0.2, 0.25) is 0 Å². The van der Waals surface area contributed by atoms with Gasteiger partial charge >= 0.3 is 0 Å². The van der Waals surface area contributed by atoms with Crippen LogP contribution in [0.1, 0.15) is 54.0 Å². The molecule has 0 saturated carbocycles. The van der Waals surface area contributed by atoms with E-state index in [4.69, 9.17) is 0 Å². The Labute approximate surface area is 162 Å². The number of benzene rings is 2. The van der Waals surface area contributed by atoms with Crippen molar-refractivity contribution in [2.45, 2.75) is 51.6 Å². The molecule has 3 heteroatoms. The molecule has 142 valence electrons. The number of rotatable bonds is 4. The van der Waals surface area contributed by atoms with Crippen LogP contribution in [0.15, 0.2) is 48.5 Å². The number of aryl methyl sites for hydroxylation is 2. The molecule has 1 N–H and O–H groups in total. The van der Waals surface area contributed by atoms with Gasteiger partial charge in [0.2, 0.25) is 5.91 Å². The molecular formula is C24H30N2O. The molecule has 1 saturated heterocycles. The summed E-state index contributed by atoms with van der Waals surface area (Å²) in [6.45, 7) is 5.19. The molecule has 0 bridgehead atoms. The van der Waals surface area contributed by atoms with E-state index in [1.165, 1.54) is 22.3 Å². The van der Waals surface area contributed by atoms with E-state index in [0.717, 1.165) is 51.7 Å². The quantitative estimate of drug-likeness (QED) is 0.874. The Morgan fingerprint density at radius 2 is 1.78 bits per heavy atom. The number of hydrogen-bond acceptors (Lipinski definition) is 2. The van der Waals surface area contributed by atoms with Gasteiger partial charge in [-0.3, -0.25) is 9.69 Å². The molecule has 0 spiro atoms. The first kappa shape index (κ1) is 18.2. The predicted molar refractivity (Wildman–Crippen MR) is 109 cm³/mol. The van der Waals surface area contributed by atoms with Crippen molar-refractivity contribution in [3.05, 3.63) is 70.8 Å². The summed E-state index contributed by atoms with van der Waals surface area (Å²) in [6, 6.07) is 17.4. The molecule has 1 amide bonds. The lowest BCUT2D eigenvalue weighted by molar-refractivity contribution is -0.127. The van der Waals surface area contributed by atoms with Crippen LogP contribution in [-0.2, 0) is 17.8 Å². The van der Waals surface area contributed by atoms with Crippen molar-refractivity contribution in [2.75, 3.05) is 13.1 Å². The first-order chi connectivity index (χ1) is 13.2. The fourth-order valence-electron chi connectivity index (χ4n) is 4.58. The van der Waals surface area contributed by atoms with E-state index in [9.17, 15) is 4.79 Å². The summed E-state index contributed by atoms with van der Waals surface area (Å²) in [7, 11) is 0. The molecule has 3 nitrogen and oxygen atoms in total. The van der Waals surface area contributed by atoms with Crippen molar-refractivity contribution in [3.63, 3.8) is 0 Å². The zero-order valence-corrected chi connectivity index (χ0v) is 16.3. The minimum absolute atomic E-state index is 0.159. The lowest BCUT2D eigenvalue weighted by atomic mass is 9.87. The number of piperidine rings is 1. The lowest BCUT2D eigenvalue weighted by Gasteiger charge is -2.33. The summed E-state index contributed by atoms with van der Waals surface area (Å²) in [4.78, 5) is 15.4. The molecular weight excluding hydrogens is 332 g/mol. The van der Waals surface area contributed by atoms with E-state index in [2.05, 4.69) is 65.7 Å². The van der Waals surface area contributed by atoms with Gasteiger partial charge in [0.25, 0.3) is 0 Å². The molecule has 27 heavy (non-hydrogen) atoms. The fraction of sp³-hybridized carbons (Fsp3) is 0.458. The molecule has 1 fully saturated rings. The molecule has 4 rings (SSSR count). The highest BCUT2D eigenvalue weighted by Crippen LogP contribution is 2.30. The van der Waals surface area contributed by atoms with Crippen molar-refractivity contribution in [1.29, 1.82) is 0 Å². The van der Waals surface area contributed by atoms with Gasteiger partial charge in [-0.05, 0) is 74.4 Å². The van der Waals surface area contributed by atoms with Crippen LogP contribution in [0.5, 0.6) is 0 Å². The second-order valence-corrected chi connectivity index (χ2v) is 8.13. The first-order valence-corrected chi connectivity index (χ1v) is 10.4. The Bertz CT molecular complexity index is 792. The monoisotopic (exact) mass is 362 g/mol. The Morgan fingerprint density at radius 1 is 1.04 bits per heavy atom. The lowest BCUT2D eigenvalue weighted by Crippen LogP contribution is -2.41. The highest BCUT2D eigenvalue weighted by atomic mass is 16.1. The third-order valence-electron chi connectivity index (χ3n) is 6.30. The molecule has 2 aromatic carbocycles. The van der Waals surface area contributed by atoms with Gasteiger partial charge < -0.3 is 5.32 Å². The van der Waals surface area contributed by atoms with Gasteiger partial charge in [-0.2, -0.15) is 0 Å². The maximum atomic E-state index is 12.9. The summed E-state index contributed by atoms with van der Waals surface area (Å²) in [5.41, 5.74) is 5.49. The Hall–Kier alpha value is -2.13. The van der Waals surface area contributed by atoms with Crippen molar-refractivity contribution in [1.82, 2.24) is 10.2 Å². The number of carbonyl (C=O) groups excluding carboxylic acids is 1. The largest absolute Gasteiger partial charge is 0.349 e. The van der Waals surface area contributed by atoms with E-state index in [0.29, 0.717) is 0 Å². The zero-order chi connectivity index (χ0) is 18.6. The van der Waals surface area contributed by atoms with E-state index in [-0.39, 0.29) is 17.9 Å². The van der Waals surface area contributed by atoms with Crippen LogP contribution in [0, 0.1) is 12.8 Å².